The van der Waals surface area contributed by atoms with Gasteiger partial charge in [0.1, 0.15) is 48.8 Å². The molecular weight excluding hydrogens is 320 g/mol. The summed E-state index contributed by atoms with van der Waals surface area (Å²) in [7, 11) is 0. The number of aliphatic hydroxyl groups is 8. The molecule has 2 aliphatic heterocycles. The largest absolute Gasteiger partial charge is 0.394 e. The molecule has 2 saturated heterocycles. The molecular formula is C12H22O11. The molecule has 0 aromatic carbocycles. The highest BCUT2D eigenvalue weighted by Gasteiger charge is 2.50. The summed E-state index contributed by atoms with van der Waals surface area (Å²) in [6, 6.07) is 0. The Labute approximate surface area is 130 Å². The fourth-order valence-corrected chi connectivity index (χ4v) is 2.57. The lowest BCUT2D eigenvalue weighted by Crippen LogP contribution is -2.64. The lowest BCUT2D eigenvalue weighted by Gasteiger charge is -2.45. The average molecular weight is 342 g/mol. The van der Waals surface area contributed by atoms with E-state index >= 15 is 0 Å². The van der Waals surface area contributed by atoms with Gasteiger partial charge in [-0.3, -0.25) is 0 Å². The lowest BCUT2D eigenvalue weighted by molar-refractivity contribution is -0.355. The standard InChI is InChI=1S/C12H22O11/c13-1-3-5(15)6(16)9(19)12(22-3)23-10-4(2-14)21-11(20)8(18)7(10)17/h3-20H,1-2H2/t3?,4?,5-,6-,7+,8?,9?,10-,11-,12-/m1/s1. The van der Waals surface area contributed by atoms with Gasteiger partial charge < -0.3 is 55.1 Å². The summed E-state index contributed by atoms with van der Waals surface area (Å²) in [5, 5.41) is 76.5. The minimum atomic E-state index is -1.74. The molecule has 0 saturated carbocycles. The van der Waals surface area contributed by atoms with E-state index in [-0.39, 0.29) is 0 Å². The van der Waals surface area contributed by atoms with Crippen LogP contribution < -0.4 is 0 Å². The highest BCUT2D eigenvalue weighted by molar-refractivity contribution is 4.93. The minimum absolute atomic E-state index is 0.667. The van der Waals surface area contributed by atoms with Crippen molar-refractivity contribution in [1.82, 2.24) is 0 Å². The van der Waals surface area contributed by atoms with Gasteiger partial charge in [0.2, 0.25) is 0 Å². The molecule has 0 bridgehead atoms. The van der Waals surface area contributed by atoms with Crippen LogP contribution in [-0.4, -0.2) is 115 Å². The maximum Gasteiger partial charge on any atom is 0.187 e. The van der Waals surface area contributed by atoms with E-state index in [1.807, 2.05) is 0 Å². The van der Waals surface area contributed by atoms with E-state index in [0.717, 1.165) is 0 Å². The second-order valence-electron chi connectivity index (χ2n) is 5.53. The van der Waals surface area contributed by atoms with Crippen molar-refractivity contribution in [2.75, 3.05) is 13.2 Å². The Morgan fingerprint density at radius 3 is 1.83 bits per heavy atom. The zero-order valence-electron chi connectivity index (χ0n) is 12.0. The first-order chi connectivity index (χ1) is 10.8. The van der Waals surface area contributed by atoms with Gasteiger partial charge in [0.15, 0.2) is 12.6 Å². The van der Waals surface area contributed by atoms with E-state index in [9.17, 15) is 35.7 Å². The summed E-state index contributed by atoms with van der Waals surface area (Å²) >= 11 is 0. The fraction of sp³-hybridized carbons (Fsp3) is 1.00. The summed E-state index contributed by atoms with van der Waals surface area (Å²) < 4.78 is 15.3. The predicted octanol–water partition coefficient (Wildman–Crippen LogP) is -5.40. The van der Waals surface area contributed by atoms with Gasteiger partial charge in [-0.2, -0.15) is 0 Å². The zero-order valence-corrected chi connectivity index (χ0v) is 12.0. The summed E-state index contributed by atoms with van der Waals surface area (Å²) in [6.45, 7) is -1.35. The van der Waals surface area contributed by atoms with Crippen LogP contribution in [0.3, 0.4) is 0 Å². The molecule has 2 rings (SSSR count). The molecule has 0 aromatic rings. The van der Waals surface area contributed by atoms with Crippen LogP contribution in [0, 0.1) is 0 Å². The van der Waals surface area contributed by atoms with Gasteiger partial charge in [-0.15, -0.1) is 0 Å². The van der Waals surface area contributed by atoms with Gasteiger partial charge in [-0.1, -0.05) is 0 Å². The quantitative estimate of drug-likeness (QED) is 0.243. The Morgan fingerprint density at radius 1 is 0.652 bits per heavy atom. The first-order valence-corrected chi connectivity index (χ1v) is 7.08. The molecule has 23 heavy (non-hydrogen) atoms. The summed E-state index contributed by atoms with van der Waals surface area (Å²) in [6.07, 6.45) is -15.6. The van der Waals surface area contributed by atoms with Crippen molar-refractivity contribution in [3.05, 3.63) is 0 Å². The third-order valence-corrected chi connectivity index (χ3v) is 3.98. The molecule has 4 unspecified atom stereocenters. The molecule has 10 atom stereocenters. The van der Waals surface area contributed by atoms with Crippen LogP contribution in [0.15, 0.2) is 0 Å². The van der Waals surface area contributed by atoms with E-state index < -0.39 is 74.6 Å². The minimum Gasteiger partial charge on any atom is -0.394 e. The van der Waals surface area contributed by atoms with E-state index in [4.69, 9.17) is 19.3 Å². The van der Waals surface area contributed by atoms with E-state index in [1.165, 1.54) is 0 Å². The van der Waals surface area contributed by atoms with E-state index in [0.29, 0.717) is 0 Å². The number of rotatable bonds is 4. The maximum absolute atomic E-state index is 9.94. The van der Waals surface area contributed by atoms with Crippen molar-refractivity contribution < 1.29 is 55.1 Å². The van der Waals surface area contributed by atoms with Crippen molar-refractivity contribution in [2.45, 2.75) is 61.4 Å². The molecule has 0 aromatic heterocycles. The SMILES string of the molecule is OCC1O[C@H](O[C@@H]2C(CO)O[C@@H](O)C(O)[C@@H]2O)C(O)[C@H](O)[C@@H]1O. The topological polar surface area (TPSA) is 190 Å². The van der Waals surface area contributed by atoms with Crippen molar-refractivity contribution in [2.24, 2.45) is 0 Å². The first kappa shape index (κ1) is 18.9. The Hall–Kier alpha value is -0.440. The Morgan fingerprint density at radius 2 is 1.26 bits per heavy atom. The van der Waals surface area contributed by atoms with E-state index in [2.05, 4.69) is 0 Å². The number of aliphatic hydroxyl groups excluding tert-OH is 8. The fourth-order valence-electron chi connectivity index (χ4n) is 2.57. The Kier molecular flexibility index (Phi) is 6.27. The molecule has 0 amide bonds. The molecule has 2 fully saturated rings. The second kappa shape index (κ2) is 7.63. The molecule has 11 heteroatoms. The summed E-state index contributed by atoms with van der Waals surface area (Å²) in [4.78, 5) is 0. The predicted molar refractivity (Wildman–Crippen MR) is 68.6 cm³/mol. The third-order valence-electron chi connectivity index (χ3n) is 3.98. The summed E-state index contributed by atoms with van der Waals surface area (Å²) in [5.74, 6) is 0. The van der Waals surface area contributed by atoms with Crippen molar-refractivity contribution in [1.29, 1.82) is 0 Å². The Balaban J connectivity index is 2.11. The smallest absolute Gasteiger partial charge is 0.187 e. The van der Waals surface area contributed by atoms with Gasteiger partial charge in [0.05, 0.1) is 13.2 Å². The van der Waals surface area contributed by atoms with Gasteiger partial charge in [-0.05, 0) is 0 Å². The molecule has 136 valence electrons. The van der Waals surface area contributed by atoms with Crippen LogP contribution in [-0.2, 0) is 14.2 Å². The van der Waals surface area contributed by atoms with Crippen molar-refractivity contribution in [3.63, 3.8) is 0 Å². The highest BCUT2D eigenvalue weighted by atomic mass is 16.7. The molecule has 8 N–H and O–H groups in total. The Bertz CT molecular complexity index is 378. The van der Waals surface area contributed by atoms with Crippen LogP contribution in [0.25, 0.3) is 0 Å². The molecule has 11 nitrogen and oxygen atoms in total. The van der Waals surface area contributed by atoms with Crippen LogP contribution >= 0.6 is 0 Å². The monoisotopic (exact) mass is 342 g/mol. The highest BCUT2D eigenvalue weighted by Crippen LogP contribution is 2.28. The van der Waals surface area contributed by atoms with Crippen molar-refractivity contribution >= 4 is 0 Å². The molecule has 0 radical (unpaired) electrons. The molecule has 0 aliphatic carbocycles. The molecule has 2 aliphatic rings. The normalized spacial score (nSPS) is 51.7. The van der Waals surface area contributed by atoms with Crippen LogP contribution in [0.2, 0.25) is 0 Å². The molecule has 2 heterocycles. The van der Waals surface area contributed by atoms with Gasteiger partial charge in [0, 0.05) is 0 Å². The van der Waals surface area contributed by atoms with Crippen LogP contribution in [0.5, 0.6) is 0 Å². The van der Waals surface area contributed by atoms with Gasteiger partial charge in [-0.25, -0.2) is 0 Å². The number of hydrogen-bond donors (Lipinski definition) is 8. The molecule has 0 spiro atoms. The third kappa shape index (κ3) is 3.65. The second-order valence-corrected chi connectivity index (χ2v) is 5.53. The van der Waals surface area contributed by atoms with Crippen molar-refractivity contribution in [3.8, 4) is 0 Å². The lowest BCUT2D eigenvalue weighted by atomic mass is 9.97. The number of hydrogen-bond acceptors (Lipinski definition) is 11. The van der Waals surface area contributed by atoms with Gasteiger partial charge in [0.25, 0.3) is 0 Å². The van der Waals surface area contributed by atoms with Crippen LogP contribution in [0.4, 0.5) is 0 Å². The van der Waals surface area contributed by atoms with Gasteiger partial charge >= 0.3 is 0 Å². The maximum atomic E-state index is 9.94. The first-order valence-electron chi connectivity index (χ1n) is 7.08. The average Bonchev–Trinajstić information content (AvgIpc) is 2.55. The van der Waals surface area contributed by atoms with E-state index in [1.54, 1.807) is 0 Å². The summed E-state index contributed by atoms with van der Waals surface area (Å²) in [5.41, 5.74) is 0. The van der Waals surface area contributed by atoms with Crippen LogP contribution in [0.1, 0.15) is 0 Å². The number of ether oxygens (including phenoxy) is 3. The zero-order chi connectivity index (χ0) is 17.3.